The molecule has 1 atom stereocenters. The second-order valence-corrected chi connectivity index (χ2v) is 3.36. The van der Waals surface area contributed by atoms with Crippen LogP contribution in [0.25, 0.3) is 0 Å². The number of hydrogen-bond acceptors (Lipinski definition) is 4. The zero-order valence-corrected chi connectivity index (χ0v) is 8.86. The van der Waals surface area contributed by atoms with E-state index in [2.05, 4.69) is 4.74 Å². The second kappa shape index (κ2) is 4.91. The number of carbonyl (C=O) groups is 1. The van der Waals surface area contributed by atoms with Crippen LogP contribution in [0.2, 0.25) is 0 Å². The first-order chi connectivity index (χ1) is 7.10. The van der Waals surface area contributed by atoms with Crippen molar-refractivity contribution in [2.24, 2.45) is 5.73 Å². The highest BCUT2D eigenvalue weighted by Crippen LogP contribution is 2.16. The minimum absolute atomic E-state index is 0.114. The molecule has 1 aromatic rings. The molecule has 0 saturated heterocycles. The standard InChI is InChI=1S/C11H15NO3/c1-7-5-8(10(12)6-13)3-4-9(7)11(14)15-2/h3-5,10,13H,6,12H2,1-2H3/t10-/m0/s1. The lowest BCUT2D eigenvalue weighted by Crippen LogP contribution is -2.15. The molecule has 4 heteroatoms. The lowest BCUT2D eigenvalue weighted by molar-refractivity contribution is 0.0600. The van der Waals surface area contributed by atoms with E-state index >= 15 is 0 Å². The van der Waals surface area contributed by atoms with Gasteiger partial charge in [0, 0.05) is 0 Å². The van der Waals surface area contributed by atoms with Gasteiger partial charge in [0.1, 0.15) is 0 Å². The number of rotatable bonds is 3. The second-order valence-electron chi connectivity index (χ2n) is 3.36. The van der Waals surface area contributed by atoms with E-state index in [0.29, 0.717) is 5.56 Å². The van der Waals surface area contributed by atoms with Crippen LogP contribution in [-0.2, 0) is 4.74 Å². The third kappa shape index (κ3) is 2.55. The van der Waals surface area contributed by atoms with Crippen molar-refractivity contribution in [3.63, 3.8) is 0 Å². The number of carbonyl (C=O) groups excluding carboxylic acids is 1. The molecule has 0 bridgehead atoms. The largest absolute Gasteiger partial charge is 0.465 e. The summed E-state index contributed by atoms with van der Waals surface area (Å²) >= 11 is 0. The Balaban J connectivity index is 3.03. The minimum Gasteiger partial charge on any atom is -0.465 e. The van der Waals surface area contributed by atoms with E-state index in [1.165, 1.54) is 7.11 Å². The Kier molecular flexibility index (Phi) is 3.82. The van der Waals surface area contributed by atoms with Crippen molar-refractivity contribution in [3.05, 3.63) is 34.9 Å². The summed E-state index contributed by atoms with van der Waals surface area (Å²) in [7, 11) is 1.34. The number of benzene rings is 1. The molecule has 0 aliphatic rings. The van der Waals surface area contributed by atoms with Crippen molar-refractivity contribution in [1.29, 1.82) is 0 Å². The summed E-state index contributed by atoms with van der Waals surface area (Å²) < 4.78 is 4.62. The van der Waals surface area contributed by atoms with Crippen LogP contribution in [-0.4, -0.2) is 24.8 Å². The van der Waals surface area contributed by atoms with Crippen LogP contribution in [0.15, 0.2) is 18.2 Å². The van der Waals surface area contributed by atoms with Crippen molar-refractivity contribution >= 4 is 5.97 Å². The summed E-state index contributed by atoms with van der Waals surface area (Å²) in [5, 5.41) is 8.89. The van der Waals surface area contributed by atoms with Gasteiger partial charge in [-0.1, -0.05) is 12.1 Å². The third-order valence-corrected chi connectivity index (χ3v) is 2.28. The highest BCUT2D eigenvalue weighted by atomic mass is 16.5. The van der Waals surface area contributed by atoms with Crippen LogP contribution in [0.3, 0.4) is 0 Å². The molecule has 1 rings (SSSR count). The average Bonchev–Trinajstić information content (AvgIpc) is 2.26. The third-order valence-electron chi connectivity index (χ3n) is 2.28. The van der Waals surface area contributed by atoms with Gasteiger partial charge in [-0.25, -0.2) is 4.79 Å². The molecular formula is C11H15NO3. The fourth-order valence-electron chi connectivity index (χ4n) is 1.36. The number of methoxy groups -OCH3 is 1. The lowest BCUT2D eigenvalue weighted by atomic mass is 10.0. The van der Waals surface area contributed by atoms with E-state index in [0.717, 1.165) is 11.1 Å². The predicted octanol–water partition coefficient (Wildman–Crippen LogP) is 0.774. The molecule has 0 aliphatic heterocycles. The molecule has 4 nitrogen and oxygen atoms in total. The SMILES string of the molecule is COC(=O)c1ccc([C@@H](N)CO)cc1C. The molecule has 1 aromatic carbocycles. The molecule has 0 radical (unpaired) electrons. The van der Waals surface area contributed by atoms with Gasteiger partial charge in [0.25, 0.3) is 0 Å². The highest BCUT2D eigenvalue weighted by molar-refractivity contribution is 5.90. The minimum atomic E-state index is -0.407. The van der Waals surface area contributed by atoms with Gasteiger partial charge in [-0.2, -0.15) is 0 Å². The summed E-state index contributed by atoms with van der Waals surface area (Å²) in [6.45, 7) is 1.69. The number of hydrogen-bond donors (Lipinski definition) is 2. The maximum Gasteiger partial charge on any atom is 0.338 e. The molecule has 0 saturated carbocycles. The number of nitrogens with two attached hydrogens (primary N) is 1. The maximum atomic E-state index is 11.3. The van der Waals surface area contributed by atoms with E-state index < -0.39 is 6.04 Å². The molecule has 0 unspecified atom stereocenters. The monoisotopic (exact) mass is 209 g/mol. The first-order valence-corrected chi connectivity index (χ1v) is 4.65. The Hall–Kier alpha value is -1.39. The van der Waals surface area contributed by atoms with Crippen LogP contribution in [0.4, 0.5) is 0 Å². The van der Waals surface area contributed by atoms with Crippen molar-refractivity contribution in [2.75, 3.05) is 13.7 Å². The Labute approximate surface area is 88.7 Å². The molecule has 0 spiro atoms. The van der Waals surface area contributed by atoms with Crippen LogP contribution in [0.5, 0.6) is 0 Å². The molecule has 82 valence electrons. The highest BCUT2D eigenvalue weighted by Gasteiger charge is 2.11. The maximum absolute atomic E-state index is 11.3. The Morgan fingerprint density at radius 2 is 2.27 bits per heavy atom. The van der Waals surface area contributed by atoms with Crippen molar-refractivity contribution in [3.8, 4) is 0 Å². The van der Waals surface area contributed by atoms with Crippen LogP contribution in [0, 0.1) is 6.92 Å². The fourth-order valence-corrected chi connectivity index (χ4v) is 1.36. The van der Waals surface area contributed by atoms with Crippen molar-refractivity contribution in [2.45, 2.75) is 13.0 Å². The number of aliphatic hydroxyl groups is 1. The first-order valence-electron chi connectivity index (χ1n) is 4.65. The fraction of sp³-hybridized carbons (Fsp3) is 0.364. The van der Waals surface area contributed by atoms with Gasteiger partial charge in [0.05, 0.1) is 25.3 Å². The number of ether oxygens (including phenoxy) is 1. The van der Waals surface area contributed by atoms with E-state index in [9.17, 15) is 4.79 Å². The number of esters is 1. The van der Waals surface area contributed by atoms with E-state index in [1.54, 1.807) is 25.1 Å². The summed E-state index contributed by atoms with van der Waals surface area (Å²) in [6.07, 6.45) is 0. The lowest BCUT2D eigenvalue weighted by Gasteiger charge is -2.11. The van der Waals surface area contributed by atoms with Gasteiger partial charge in [0.2, 0.25) is 0 Å². The Morgan fingerprint density at radius 1 is 1.60 bits per heavy atom. The molecule has 0 fully saturated rings. The van der Waals surface area contributed by atoms with Crippen molar-refractivity contribution in [1.82, 2.24) is 0 Å². The van der Waals surface area contributed by atoms with Gasteiger partial charge in [-0.15, -0.1) is 0 Å². The summed E-state index contributed by atoms with van der Waals surface area (Å²) in [6, 6.07) is 4.76. The van der Waals surface area contributed by atoms with Gasteiger partial charge in [0.15, 0.2) is 0 Å². The summed E-state index contributed by atoms with van der Waals surface area (Å²) in [5.74, 6) is -0.364. The quantitative estimate of drug-likeness (QED) is 0.721. The van der Waals surface area contributed by atoms with Crippen LogP contribution in [0.1, 0.15) is 27.5 Å². The summed E-state index contributed by atoms with van der Waals surface area (Å²) in [5.41, 5.74) is 7.78. The Morgan fingerprint density at radius 3 is 2.73 bits per heavy atom. The molecule has 0 aromatic heterocycles. The molecule has 0 amide bonds. The van der Waals surface area contributed by atoms with Gasteiger partial charge in [-0.3, -0.25) is 0 Å². The Bertz CT molecular complexity index is 363. The van der Waals surface area contributed by atoms with Crippen LogP contribution >= 0.6 is 0 Å². The van der Waals surface area contributed by atoms with Gasteiger partial charge >= 0.3 is 5.97 Å². The van der Waals surface area contributed by atoms with E-state index in [-0.39, 0.29) is 12.6 Å². The zero-order valence-electron chi connectivity index (χ0n) is 8.86. The molecule has 15 heavy (non-hydrogen) atoms. The molecule has 0 heterocycles. The molecule has 3 N–H and O–H groups in total. The number of aliphatic hydroxyl groups excluding tert-OH is 1. The predicted molar refractivity (Wildman–Crippen MR) is 56.5 cm³/mol. The van der Waals surface area contributed by atoms with Gasteiger partial charge < -0.3 is 15.6 Å². The van der Waals surface area contributed by atoms with Crippen molar-refractivity contribution < 1.29 is 14.6 Å². The molecule has 0 aliphatic carbocycles. The smallest absolute Gasteiger partial charge is 0.338 e. The van der Waals surface area contributed by atoms with E-state index in [4.69, 9.17) is 10.8 Å². The van der Waals surface area contributed by atoms with E-state index in [1.807, 2.05) is 0 Å². The molecular weight excluding hydrogens is 194 g/mol. The zero-order chi connectivity index (χ0) is 11.4. The normalized spacial score (nSPS) is 12.3. The average molecular weight is 209 g/mol. The number of aryl methyl sites for hydroxylation is 1. The first kappa shape index (κ1) is 11.7. The topological polar surface area (TPSA) is 72.5 Å². The van der Waals surface area contributed by atoms with Gasteiger partial charge in [-0.05, 0) is 24.1 Å². The summed E-state index contributed by atoms with van der Waals surface area (Å²) in [4.78, 5) is 11.3. The van der Waals surface area contributed by atoms with Crippen LogP contribution < -0.4 is 5.73 Å².